The van der Waals surface area contributed by atoms with Crippen LogP contribution in [0.15, 0.2) is 36.4 Å². The highest BCUT2D eigenvalue weighted by atomic mass is 19.3. The normalized spacial score (nSPS) is 30.8. The van der Waals surface area contributed by atoms with Gasteiger partial charge in [-0.25, -0.2) is 13.2 Å². The molecular weight excluding hydrogens is 495 g/mol. The Labute approximate surface area is 223 Å². The lowest BCUT2D eigenvalue weighted by Crippen LogP contribution is -2.38. The van der Waals surface area contributed by atoms with E-state index in [-0.39, 0.29) is 17.7 Å². The molecule has 6 heteroatoms. The zero-order chi connectivity index (χ0) is 26.9. The number of ether oxygens (including phenoxy) is 1. The molecule has 38 heavy (non-hydrogen) atoms. The average Bonchev–Trinajstić information content (AvgIpc) is 2.91. The molecule has 0 heterocycles. The van der Waals surface area contributed by atoms with E-state index in [0.29, 0.717) is 68.4 Å². The summed E-state index contributed by atoms with van der Waals surface area (Å²) in [4.78, 5) is 0. The lowest BCUT2D eigenvalue weighted by Gasteiger charge is -2.37. The van der Waals surface area contributed by atoms with Crippen LogP contribution in [0.25, 0.3) is 0 Å². The van der Waals surface area contributed by atoms with Gasteiger partial charge in [-0.2, -0.15) is 8.78 Å². The Kier molecular flexibility index (Phi) is 8.47. The molecule has 208 valence electrons. The van der Waals surface area contributed by atoms with E-state index >= 15 is 13.2 Å². The van der Waals surface area contributed by atoms with Gasteiger partial charge in [0.25, 0.3) is 0 Å². The van der Waals surface area contributed by atoms with E-state index in [2.05, 4.69) is 13.0 Å². The molecule has 2 aromatic rings. The first-order valence-electron chi connectivity index (χ1n) is 14.5. The third kappa shape index (κ3) is 6.26. The molecule has 3 saturated carbocycles. The molecule has 0 saturated heterocycles. The van der Waals surface area contributed by atoms with Crippen LogP contribution in [0.5, 0.6) is 0 Å². The predicted molar refractivity (Wildman–Crippen MR) is 139 cm³/mol. The monoisotopic (exact) mass is 534 g/mol. The van der Waals surface area contributed by atoms with Crippen LogP contribution >= 0.6 is 0 Å². The number of benzene rings is 2. The lowest BCUT2D eigenvalue weighted by molar-refractivity contribution is -0.300. The van der Waals surface area contributed by atoms with E-state index in [9.17, 15) is 8.78 Å². The minimum absolute atomic E-state index is 0.0250. The van der Waals surface area contributed by atoms with Crippen LogP contribution in [0.3, 0.4) is 0 Å². The summed E-state index contributed by atoms with van der Waals surface area (Å²) in [5, 5.41) is 0. The first kappa shape index (κ1) is 27.6. The van der Waals surface area contributed by atoms with Gasteiger partial charge in [0.2, 0.25) is 0 Å². The molecule has 2 aromatic carbocycles. The van der Waals surface area contributed by atoms with Crippen LogP contribution in [-0.4, -0.2) is 12.2 Å². The van der Waals surface area contributed by atoms with Gasteiger partial charge in [0.15, 0.2) is 11.6 Å². The summed E-state index contributed by atoms with van der Waals surface area (Å²) in [6.07, 6.45) is 4.63. The summed E-state index contributed by atoms with van der Waals surface area (Å²) in [6.45, 7) is 2.27. The molecule has 3 aliphatic rings. The molecule has 5 rings (SSSR count). The van der Waals surface area contributed by atoms with Crippen molar-refractivity contribution in [2.24, 2.45) is 11.8 Å². The first-order valence-corrected chi connectivity index (χ1v) is 14.5. The summed E-state index contributed by atoms with van der Waals surface area (Å²) >= 11 is 0. The second kappa shape index (κ2) is 11.7. The van der Waals surface area contributed by atoms with E-state index in [1.807, 2.05) is 6.07 Å². The van der Waals surface area contributed by atoms with Crippen molar-refractivity contribution >= 4 is 0 Å². The van der Waals surface area contributed by atoms with Gasteiger partial charge in [0, 0.05) is 0 Å². The molecular formula is C32H39F5O. The van der Waals surface area contributed by atoms with Crippen molar-refractivity contribution in [3.05, 3.63) is 70.5 Å². The zero-order valence-electron chi connectivity index (χ0n) is 22.2. The third-order valence-electron chi connectivity index (χ3n) is 9.57. The van der Waals surface area contributed by atoms with E-state index in [0.717, 1.165) is 30.4 Å². The van der Waals surface area contributed by atoms with Gasteiger partial charge in [-0.15, -0.1) is 0 Å². The molecule has 1 nitrogen and oxygen atoms in total. The highest BCUT2D eigenvalue weighted by molar-refractivity contribution is 5.30. The summed E-state index contributed by atoms with van der Waals surface area (Å²) in [7, 11) is 0. The summed E-state index contributed by atoms with van der Waals surface area (Å²) in [5.41, 5.74) is 2.45. The van der Waals surface area contributed by atoms with Gasteiger partial charge in [0.05, 0.1) is 12.0 Å². The minimum atomic E-state index is -3.22. The maximum Gasteiger partial charge on any atom is 0.358 e. The molecule has 0 atom stereocenters. The van der Waals surface area contributed by atoms with Gasteiger partial charge in [-0.1, -0.05) is 38.0 Å². The average molecular weight is 535 g/mol. The summed E-state index contributed by atoms with van der Waals surface area (Å²) in [5.74, 6) is -1.65. The van der Waals surface area contributed by atoms with Gasteiger partial charge in [-0.05, 0) is 123 Å². The fourth-order valence-electron chi connectivity index (χ4n) is 7.06. The highest BCUT2D eigenvalue weighted by Crippen LogP contribution is 2.46. The zero-order valence-corrected chi connectivity index (χ0v) is 22.2. The fraction of sp³-hybridized carbons (Fsp3) is 0.625. The van der Waals surface area contributed by atoms with E-state index in [1.54, 1.807) is 12.1 Å². The van der Waals surface area contributed by atoms with Crippen LogP contribution < -0.4 is 0 Å². The molecule has 0 amide bonds. The number of hydrogen-bond donors (Lipinski definition) is 0. The highest BCUT2D eigenvalue weighted by Gasteiger charge is 2.45. The predicted octanol–water partition coefficient (Wildman–Crippen LogP) is 10.0. The SMILES string of the molecule is CC1CCC(c2ccc(C3CCC(C(F)(F)OC4CCC(c5ccc(F)c(F)c5)CC4)CC3)c(F)c2)CC1. The maximum absolute atomic E-state index is 15.1. The van der Waals surface area contributed by atoms with Crippen molar-refractivity contribution in [1.29, 1.82) is 0 Å². The number of alkyl halides is 2. The van der Waals surface area contributed by atoms with E-state index in [1.165, 1.54) is 18.9 Å². The molecule has 3 fully saturated rings. The lowest BCUT2D eigenvalue weighted by atomic mass is 9.76. The van der Waals surface area contributed by atoms with Crippen molar-refractivity contribution in [3.8, 4) is 0 Å². The van der Waals surface area contributed by atoms with Crippen LogP contribution in [-0.2, 0) is 4.74 Å². The summed E-state index contributed by atoms with van der Waals surface area (Å²) in [6, 6.07) is 9.55. The van der Waals surface area contributed by atoms with E-state index in [4.69, 9.17) is 4.74 Å². The van der Waals surface area contributed by atoms with Crippen molar-refractivity contribution in [1.82, 2.24) is 0 Å². The third-order valence-corrected chi connectivity index (χ3v) is 9.57. The van der Waals surface area contributed by atoms with Crippen LogP contribution in [0.4, 0.5) is 22.0 Å². The van der Waals surface area contributed by atoms with Crippen LogP contribution in [0, 0.1) is 29.3 Å². The molecule has 0 aromatic heterocycles. The van der Waals surface area contributed by atoms with Gasteiger partial charge >= 0.3 is 6.11 Å². The standard InChI is InChI=1S/C32H39F5O/c1-20-2-4-21(5-3-20)24-10-16-28(30(34)18-24)23-6-12-26(13-7-23)32(36,37)38-27-14-8-22(9-15-27)25-11-17-29(33)31(35)19-25/h10-11,16-23,26-27H,2-9,12-15H2,1H3. The molecule has 0 aliphatic heterocycles. The fourth-order valence-corrected chi connectivity index (χ4v) is 7.06. The van der Waals surface area contributed by atoms with Crippen molar-refractivity contribution in [3.63, 3.8) is 0 Å². The number of halogens is 5. The Morgan fingerprint density at radius 3 is 1.71 bits per heavy atom. The molecule has 0 bridgehead atoms. The minimum Gasteiger partial charge on any atom is -0.317 e. The second-order valence-electron chi connectivity index (χ2n) is 12.1. The Morgan fingerprint density at radius 1 is 0.605 bits per heavy atom. The summed E-state index contributed by atoms with van der Waals surface area (Å²) < 4.78 is 77.5. The molecule has 3 aliphatic carbocycles. The number of rotatable bonds is 6. The van der Waals surface area contributed by atoms with Gasteiger partial charge in [-0.3, -0.25) is 0 Å². The smallest absolute Gasteiger partial charge is 0.317 e. The maximum atomic E-state index is 15.1. The van der Waals surface area contributed by atoms with Crippen LogP contribution in [0.2, 0.25) is 0 Å². The second-order valence-corrected chi connectivity index (χ2v) is 12.1. The Bertz CT molecular complexity index is 1080. The Morgan fingerprint density at radius 2 is 1.13 bits per heavy atom. The van der Waals surface area contributed by atoms with Gasteiger partial charge < -0.3 is 4.74 Å². The van der Waals surface area contributed by atoms with Crippen molar-refractivity contribution in [2.75, 3.05) is 0 Å². The molecule has 0 spiro atoms. The van der Waals surface area contributed by atoms with Crippen molar-refractivity contribution < 1.29 is 26.7 Å². The Balaban J connectivity index is 1.11. The molecule has 0 unspecified atom stereocenters. The largest absolute Gasteiger partial charge is 0.358 e. The number of hydrogen-bond acceptors (Lipinski definition) is 1. The van der Waals surface area contributed by atoms with Gasteiger partial charge in [0.1, 0.15) is 5.82 Å². The topological polar surface area (TPSA) is 9.23 Å². The molecule has 0 N–H and O–H groups in total. The first-order chi connectivity index (χ1) is 18.2. The Hall–Kier alpha value is -1.95. The van der Waals surface area contributed by atoms with Crippen LogP contribution in [0.1, 0.15) is 118 Å². The molecule has 0 radical (unpaired) electrons. The van der Waals surface area contributed by atoms with E-state index < -0.39 is 29.8 Å². The van der Waals surface area contributed by atoms with Crippen molar-refractivity contribution in [2.45, 2.75) is 114 Å². The quantitative estimate of drug-likeness (QED) is 0.335.